The molecular formula is C17H28N2OS. The van der Waals surface area contributed by atoms with E-state index in [1.54, 1.807) is 0 Å². The molecule has 1 heterocycles. The van der Waals surface area contributed by atoms with Crippen LogP contribution in [0.1, 0.15) is 25.0 Å². The van der Waals surface area contributed by atoms with Crippen molar-refractivity contribution in [2.75, 3.05) is 37.7 Å². The summed E-state index contributed by atoms with van der Waals surface area (Å²) in [7, 11) is -0.587. The number of benzene rings is 1. The van der Waals surface area contributed by atoms with Crippen LogP contribution in [0.4, 0.5) is 0 Å². The number of nitrogens with zero attached hydrogens (tertiary/aromatic N) is 1. The molecule has 1 N–H and O–H groups in total. The van der Waals surface area contributed by atoms with Gasteiger partial charge < -0.3 is 5.32 Å². The fourth-order valence-electron chi connectivity index (χ4n) is 2.64. The molecule has 0 radical (unpaired) electrons. The normalized spacial score (nSPS) is 17.5. The van der Waals surface area contributed by atoms with Crippen molar-refractivity contribution in [2.45, 2.75) is 26.8 Å². The number of rotatable bonds is 7. The Morgan fingerprint density at radius 2 is 1.86 bits per heavy atom. The van der Waals surface area contributed by atoms with E-state index < -0.39 is 10.8 Å². The zero-order valence-electron chi connectivity index (χ0n) is 13.3. The smallest absolute Gasteiger partial charge is 0.0363 e. The van der Waals surface area contributed by atoms with Crippen molar-refractivity contribution in [2.24, 2.45) is 5.92 Å². The van der Waals surface area contributed by atoms with Gasteiger partial charge in [-0.2, -0.15) is 0 Å². The maximum Gasteiger partial charge on any atom is 0.0363 e. The zero-order chi connectivity index (χ0) is 15.1. The van der Waals surface area contributed by atoms with Gasteiger partial charge >= 0.3 is 0 Å². The van der Waals surface area contributed by atoms with Gasteiger partial charge in [0.15, 0.2) is 0 Å². The van der Waals surface area contributed by atoms with E-state index in [0.717, 1.165) is 50.7 Å². The van der Waals surface area contributed by atoms with Gasteiger partial charge in [0.2, 0.25) is 0 Å². The lowest BCUT2D eigenvalue weighted by Gasteiger charge is -2.27. The summed E-state index contributed by atoms with van der Waals surface area (Å²) in [5.74, 6) is 2.37. The van der Waals surface area contributed by atoms with E-state index in [1.807, 2.05) is 0 Å². The fourth-order valence-corrected chi connectivity index (χ4v) is 3.77. The molecule has 0 amide bonds. The van der Waals surface area contributed by atoms with Gasteiger partial charge in [0, 0.05) is 41.9 Å². The molecule has 0 spiro atoms. The standard InChI is InChI=1S/C17H28N2OS/c1-15(2)13-18-8-7-16-5-3-4-6-17(16)14-19-9-11-21(20)12-10-19/h3-6,15,18H,7-14H2,1-2H3. The second-order valence-corrected chi connectivity index (χ2v) is 7.94. The van der Waals surface area contributed by atoms with Crippen LogP contribution in [0.3, 0.4) is 0 Å². The van der Waals surface area contributed by atoms with Crippen LogP contribution in [-0.4, -0.2) is 46.8 Å². The van der Waals surface area contributed by atoms with Crippen LogP contribution >= 0.6 is 0 Å². The second-order valence-electron chi connectivity index (χ2n) is 6.24. The molecule has 0 atom stereocenters. The maximum absolute atomic E-state index is 11.4. The third-order valence-corrected chi connectivity index (χ3v) is 5.18. The third-order valence-electron chi connectivity index (χ3n) is 3.91. The first-order chi connectivity index (χ1) is 10.1. The van der Waals surface area contributed by atoms with E-state index in [0.29, 0.717) is 5.92 Å². The van der Waals surface area contributed by atoms with Crippen LogP contribution in [0.2, 0.25) is 0 Å². The van der Waals surface area contributed by atoms with Crippen LogP contribution in [0, 0.1) is 5.92 Å². The minimum absolute atomic E-state index is 0.587. The number of hydrogen-bond donors (Lipinski definition) is 1. The first kappa shape index (κ1) is 16.7. The Morgan fingerprint density at radius 3 is 2.52 bits per heavy atom. The number of hydrogen-bond acceptors (Lipinski definition) is 3. The lowest BCUT2D eigenvalue weighted by Crippen LogP contribution is -2.37. The zero-order valence-corrected chi connectivity index (χ0v) is 14.1. The SMILES string of the molecule is CC(C)CNCCc1ccccc1CN1CCS(=O)CC1. The Balaban J connectivity index is 1.86. The molecule has 3 nitrogen and oxygen atoms in total. The summed E-state index contributed by atoms with van der Waals surface area (Å²) in [6.45, 7) is 9.53. The van der Waals surface area contributed by atoms with E-state index in [4.69, 9.17) is 0 Å². The summed E-state index contributed by atoms with van der Waals surface area (Å²) in [6.07, 6.45) is 1.09. The predicted molar refractivity (Wildman–Crippen MR) is 91.0 cm³/mol. The van der Waals surface area contributed by atoms with Crippen LogP contribution in [0.5, 0.6) is 0 Å². The van der Waals surface area contributed by atoms with Crippen molar-refractivity contribution in [1.29, 1.82) is 0 Å². The first-order valence-corrected chi connectivity index (χ1v) is 9.49. The highest BCUT2D eigenvalue weighted by atomic mass is 32.2. The van der Waals surface area contributed by atoms with Crippen LogP contribution < -0.4 is 5.32 Å². The van der Waals surface area contributed by atoms with E-state index in [-0.39, 0.29) is 0 Å². The van der Waals surface area contributed by atoms with Crippen LogP contribution in [0.15, 0.2) is 24.3 Å². The second kappa shape index (κ2) is 8.66. The highest BCUT2D eigenvalue weighted by Gasteiger charge is 2.16. The molecule has 1 aromatic rings. The van der Waals surface area contributed by atoms with Gasteiger partial charge in [-0.05, 0) is 36.6 Å². The van der Waals surface area contributed by atoms with E-state index in [1.165, 1.54) is 11.1 Å². The van der Waals surface area contributed by atoms with Crippen molar-refractivity contribution in [3.05, 3.63) is 35.4 Å². The Labute approximate surface area is 131 Å². The van der Waals surface area contributed by atoms with Crippen molar-refractivity contribution in [3.8, 4) is 0 Å². The molecule has 1 aromatic carbocycles. The van der Waals surface area contributed by atoms with E-state index in [9.17, 15) is 4.21 Å². The van der Waals surface area contributed by atoms with Gasteiger partial charge in [0.05, 0.1) is 0 Å². The van der Waals surface area contributed by atoms with Gasteiger partial charge in [0.25, 0.3) is 0 Å². The lowest BCUT2D eigenvalue weighted by molar-refractivity contribution is 0.290. The van der Waals surface area contributed by atoms with Gasteiger partial charge in [-0.15, -0.1) is 0 Å². The summed E-state index contributed by atoms with van der Waals surface area (Å²) in [6, 6.07) is 8.74. The molecule has 1 fully saturated rings. The lowest BCUT2D eigenvalue weighted by atomic mass is 10.0. The molecule has 0 bridgehead atoms. The van der Waals surface area contributed by atoms with Crippen molar-refractivity contribution < 1.29 is 4.21 Å². The molecule has 2 rings (SSSR count). The van der Waals surface area contributed by atoms with Gasteiger partial charge in [-0.25, -0.2) is 0 Å². The van der Waals surface area contributed by atoms with Gasteiger partial charge in [-0.1, -0.05) is 38.1 Å². The molecule has 4 heteroatoms. The van der Waals surface area contributed by atoms with Crippen molar-refractivity contribution in [3.63, 3.8) is 0 Å². The summed E-state index contributed by atoms with van der Waals surface area (Å²) < 4.78 is 11.4. The average Bonchev–Trinajstić information content (AvgIpc) is 2.47. The quantitative estimate of drug-likeness (QED) is 0.782. The van der Waals surface area contributed by atoms with Crippen LogP contribution in [-0.2, 0) is 23.8 Å². The number of nitrogens with one attached hydrogen (secondary N) is 1. The molecule has 1 saturated heterocycles. The molecule has 21 heavy (non-hydrogen) atoms. The molecule has 0 unspecified atom stereocenters. The Morgan fingerprint density at radius 1 is 1.19 bits per heavy atom. The van der Waals surface area contributed by atoms with Gasteiger partial charge in [-0.3, -0.25) is 9.11 Å². The highest BCUT2D eigenvalue weighted by molar-refractivity contribution is 7.85. The molecule has 1 aliphatic rings. The van der Waals surface area contributed by atoms with Crippen molar-refractivity contribution >= 4 is 10.8 Å². The molecule has 0 aliphatic carbocycles. The molecule has 0 saturated carbocycles. The van der Waals surface area contributed by atoms with Gasteiger partial charge in [0.1, 0.15) is 0 Å². The topological polar surface area (TPSA) is 32.3 Å². The molecule has 0 aromatic heterocycles. The molecule has 118 valence electrons. The molecule has 1 aliphatic heterocycles. The third kappa shape index (κ3) is 5.89. The van der Waals surface area contributed by atoms with Crippen molar-refractivity contribution in [1.82, 2.24) is 10.2 Å². The summed E-state index contributed by atoms with van der Waals surface area (Å²) >= 11 is 0. The maximum atomic E-state index is 11.4. The summed E-state index contributed by atoms with van der Waals surface area (Å²) in [4.78, 5) is 2.43. The predicted octanol–water partition coefficient (Wildman–Crippen LogP) is 2.04. The van der Waals surface area contributed by atoms with E-state index in [2.05, 4.69) is 48.3 Å². The largest absolute Gasteiger partial charge is 0.316 e. The summed E-state index contributed by atoms with van der Waals surface area (Å²) in [5, 5.41) is 3.52. The monoisotopic (exact) mass is 308 g/mol. The Bertz CT molecular complexity index is 452. The Kier molecular flexibility index (Phi) is 6.87. The van der Waals surface area contributed by atoms with Crippen LogP contribution in [0.25, 0.3) is 0 Å². The first-order valence-electron chi connectivity index (χ1n) is 8.00. The highest BCUT2D eigenvalue weighted by Crippen LogP contribution is 2.14. The minimum Gasteiger partial charge on any atom is -0.316 e. The minimum atomic E-state index is -0.587. The molecular weight excluding hydrogens is 280 g/mol. The summed E-state index contributed by atoms with van der Waals surface area (Å²) in [5.41, 5.74) is 2.87. The fraction of sp³-hybridized carbons (Fsp3) is 0.647. The average molecular weight is 308 g/mol. The van der Waals surface area contributed by atoms with E-state index >= 15 is 0 Å². The Hall–Kier alpha value is -0.710.